The molecule has 0 unspecified atom stereocenters. The standard InChI is InChI=1S/C20H30N2O3/c23-18(16-7-3-1-4-8-16)21-15-20(11-13-25-14-12-20)22-19(24)17-9-5-2-6-10-17/h1-3,5,16-17H,4,6-15H2,(H,21,23)(H,22,24)/t16-,17+/m1/s1. The summed E-state index contributed by atoms with van der Waals surface area (Å²) in [6, 6.07) is 0. The molecule has 2 amide bonds. The Kier molecular flexibility index (Phi) is 6.29. The Bertz CT molecular complexity index is 535. The summed E-state index contributed by atoms with van der Waals surface area (Å²) in [7, 11) is 0. The van der Waals surface area contributed by atoms with Gasteiger partial charge in [-0.3, -0.25) is 9.59 Å². The van der Waals surface area contributed by atoms with E-state index in [1.54, 1.807) is 0 Å². The Labute approximate surface area is 150 Å². The fourth-order valence-electron chi connectivity index (χ4n) is 3.94. The molecule has 2 aliphatic carbocycles. The summed E-state index contributed by atoms with van der Waals surface area (Å²) < 4.78 is 5.49. The van der Waals surface area contributed by atoms with Crippen molar-refractivity contribution in [3.05, 3.63) is 24.3 Å². The summed E-state index contributed by atoms with van der Waals surface area (Å²) in [5, 5.41) is 6.39. The molecular weight excluding hydrogens is 316 g/mol. The van der Waals surface area contributed by atoms with Crippen LogP contribution in [0.4, 0.5) is 0 Å². The minimum absolute atomic E-state index is 0.0592. The Morgan fingerprint density at radius 3 is 2.08 bits per heavy atom. The van der Waals surface area contributed by atoms with Gasteiger partial charge in [0.1, 0.15) is 0 Å². The molecule has 25 heavy (non-hydrogen) atoms. The molecule has 0 bridgehead atoms. The minimum Gasteiger partial charge on any atom is -0.381 e. The van der Waals surface area contributed by atoms with Crippen LogP contribution < -0.4 is 10.6 Å². The highest BCUT2D eigenvalue weighted by Gasteiger charge is 2.36. The second kappa shape index (κ2) is 8.65. The van der Waals surface area contributed by atoms with Gasteiger partial charge in [0, 0.05) is 31.6 Å². The summed E-state index contributed by atoms with van der Waals surface area (Å²) >= 11 is 0. The highest BCUT2D eigenvalue weighted by Crippen LogP contribution is 2.25. The molecule has 3 aliphatic rings. The molecule has 0 aromatic rings. The number of hydrogen-bond donors (Lipinski definition) is 2. The largest absolute Gasteiger partial charge is 0.381 e. The van der Waals surface area contributed by atoms with Crippen molar-refractivity contribution in [1.82, 2.24) is 10.6 Å². The van der Waals surface area contributed by atoms with Crippen LogP contribution in [0.5, 0.6) is 0 Å². The molecule has 0 aromatic carbocycles. The van der Waals surface area contributed by atoms with Gasteiger partial charge in [0.2, 0.25) is 11.8 Å². The number of allylic oxidation sites excluding steroid dienone is 4. The number of carbonyl (C=O) groups is 2. The molecule has 5 heteroatoms. The smallest absolute Gasteiger partial charge is 0.223 e. The highest BCUT2D eigenvalue weighted by molar-refractivity contribution is 5.81. The second-order valence-electron chi connectivity index (χ2n) is 7.56. The van der Waals surface area contributed by atoms with Gasteiger partial charge in [-0.25, -0.2) is 0 Å². The van der Waals surface area contributed by atoms with E-state index >= 15 is 0 Å². The maximum atomic E-state index is 12.7. The predicted octanol–water partition coefficient (Wildman–Crippen LogP) is 2.48. The number of carbonyl (C=O) groups excluding carboxylic acids is 2. The van der Waals surface area contributed by atoms with Gasteiger partial charge in [-0.1, -0.05) is 24.3 Å². The Balaban J connectivity index is 1.58. The lowest BCUT2D eigenvalue weighted by Crippen LogP contribution is -2.59. The van der Waals surface area contributed by atoms with Crippen LogP contribution in [0, 0.1) is 11.8 Å². The van der Waals surface area contributed by atoms with Gasteiger partial charge < -0.3 is 15.4 Å². The van der Waals surface area contributed by atoms with E-state index in [1.807, 2.05) is 0 Å². The first-order valence-corrected chi connectivity index (χ1v) is 9.66. The van der Waals surface area contributed by atoms with E-state index in [4.69, 9.17) is 4.74 Å². The van der Waals surface area contributed by atoms with Crippen molar-refractivity contribution in [2.45, 2.75) is 56.9 Å². The van der Waals surface area contributed by atoms with Crippen molar-refractivity contribution in [2.75, 3.05) is 19.8 Å². The van der Waals surface area contributed by atoms with E-state index < -0.39 is 0 Å². The van der Waals surface area contributed by atoms with Crippen LogP contribution in [-0.2, 0) is 14.3 Å². The number of ether oxygens (including phenoxy) is 1. The second-order valence-corrected chi connectivity index (χ2v) is 7.56. The zero-order valence-electron chi connectivity index (χ0n) is 15.0. The number of rotatable bonds is 5. The maximum absolute atomic E-state index is 12.7. The van der Waals surface area contributed by atoms with Crippen molar-refractivity contribution < 1.29 is 14.3 Å². The van der Waals surface area contributed by atoms with Gasteiger partial charge in [0.15, 0.2) is 0 Å². The van der Waals surface area contributed by atoms with Gasteiger partial charge >= 0.3 is 0 Å². The number of hydrogen-bond acceptors (Lipinski definition) is 3. The summed E-state index contributed by atoms with van der Waals surface area (Å²) in [6.45, 7) is 1.77. The molecule has 0 aromatic heterocycles. The lowest BCUT2D eigenvalue weighted by molar-refractivity contribution is -0.130. The van der Waals surface area contributed by atoms with E-state index in [9.17, 15) is 9.59 Å². The van der Waals surface area contributed by atoms with Gasteiger partial charge in [-0.2, -0.15) is 0 Å². The summed E-state index contributed by atoms with van der Waals surface area (Å²) in [6.07, 6.45) is 15.4. The monoisotopic (exact) mass is 346 g/mol. The average Bonchev–Trinajstić information content (AvgIpc) is 2.68. The molecule has 0 saturated carbocycles. The molecule has 5 nitrogen and oxygen atoms in total. The van der Waals surface area contributed by atoms with Crippen LogP contribution in [0.3, 0.4) is 0 Å². The van der Waals surface area contributed by atoms with Crippen LogP contribution in [-0.4, -0.2) is 37.1 Å². The zero-order chi connectivity index (χ0) is 17.5. The van der Waals surface area contributed by atoms with Crippen molar-refractivity contribution in [3.63, 3.8) is 0 Å². The topological polar surface area (TPSA) is 67.4 Å². The number of nitrogens with one attached hydrogen (secondary N) is 2. The lowest BCUT2D eigenvalue weighted by Gasteiger charge is -2.39. The number of amides is 2. The first-order chi connectivity index (χ1) is 12.2. The average molecular weight is 346 g/mol. The minimum atomic E-state index is -0.364. The molecule has 2 atom stereocenters. The van der Waals surface area contributed by atoms with Crippen LogP contribution in [0.2, 0.25) is 0 Å². The Morgan fingerprint density at radius 1 is 0.920 bits per heavy atom. The molecule has 0 radical (unpaired) electrons. The quantitative estimate of drug-likeness (QED) is 0.752. The van der Waals surface area contributed by atoms with Gasteiger partial charge in [0.25, 0.3) is 0 Å². The summed E-state index contributed by atoms with van der Waals surface area (Å²) in [5.41, 5.74) is -0.364. The van der Waals surface area contributed by atoms with E-state index in [0.29, 0.717) is 19.8 Å². The van der Waals surface area contributed by atoms with E-state index in [2.05, 4.69) is 34.9 Å². The zero-order valence-corrected chi connectivity index (χ0v) is 15.0. The molecular formula is C20H30N2O3. The van der Waals surface area contributed by atoms with Crippen LogP contribution in [0.1, 0.15) is 51.4 Å². The SMILES string of the molecule is O=C(NCC1(NC(=O)[C@H]2CC=CCC2)CCOCC1)[C@@H]1CC=CCC1. The molecule has 0 spiro atoms. The lowest BCUT2D eigenvalue weighted by atomic mass is 9.86. The fourth-order valence-corrected chi connectivity index (χ4v) is 3.94. The van der Waals surface area contributed by atoms with Crippen molar-refractivity contribution in [3.8, 4) is 0 Å². The maximum Gasteiger partial charge on any atom is 0.223 e. The van der Waals surface area contributed by atoms with E-state index in [1.165, 1.54) is 0 Å². The van der Waals surface area contributed by atoms with Gasteiger partial charge in [-0.05, 0) is 51.4 Å². The summed E-state index contributed by atoms with van der Waals surface area (Å²) in [4.78, 5) is 25.2. The normalized spacial score (nSPS) is 28.3. The predicted molar refractivity (Wildman–Crippen MR) is 96.9 cm³/mol. The third-order valence-corrected chi connectivity index (χ3v) is 5.72. The van der Waals surface area contributed by atoms with Crippen LogP contribution in [0.15, 0.2) is 24.3 Å². The third-order valence-electron chi connectivity index (χ3n) is 5.72. The van der Waals surface area contributed by atoms with Crippen molar-refractivity contribution in [1.29, 1.82) is 0 Å². The summed E-state index contributed by atoms with van der Waals surface area (Å²) in [5.74, 6) is 0.371. The first-order valence-electron chi connectivity index (χ1n) is 9.66. The van der Waals surface area contributed by atoms with Gasteiger partial charge in [0.05, 0.1) is 5.54 Å². The Hall–Kier alpha value is -1.62. The Morgan fingerprint density at radius 2 is 1.52 bits per heavy atom. The molecule has 138 valence electrons. The molecule has 1 saturated heterocycles. The molecule has 2 N–H and O–H groups in total. The highest BCUT2D eigenvalue weighted by atomic mass is 16.5. The molecule has 3 rings (SSSR count). The van der Waals surface area contributed by atoms with Crippen LogP contribution in [0.25, 0.3) is 0 Å². The van der Waals surface area contributed by atoms with E-state index in [-0.39, 0.29) is 29.2 Å². The van der Waals surface area contributed by atoms with Crippen LogP contribution >= 0.6 is 0 Å². The fraction of sp³-hybridized carbons (Fsp3) is 0.700. The molecule has 1 fully saturated rings. The van der Waals surface area contributed by atoms with Crippen molar-refractivity contribution >= 4 is 11.8 Å². The van der Waals surface area contributed by atoms with E-state index in [0.717, 1.165) is 51.4 Å². The molecule has 1 aliphatic heterocycles. The first kappa shape index (κ1) is 18.2. The molecule has 1 heterocycles. The third kappa shape index (κ3) is 4.94. The van der Waals surface area contributed by atoms with Crippen molar-refractivity contribution in [2.24, 2.45) is 11.8 Å². The van der Waals surface area contributed by atoms with Gasteiger partial charge in [-0.15, -0.1) is 0 Å².